The molecule has 3 unspecified atom stereocenters. The number of hydrogen-bond acceptors (Lipinski definition) is 2. The second kappa shape index (κ2) is 4.93. The van der Waals surface area contributed by atoms with Crippen LogP contribution in [-0.4, -0.2) is 23.0 Å². The lowest BCUT2D eigenvalue weighted by molar-refractivity contribution is 0.0696. The molecule has 1 amide bonds. The zero-order valence-electron chi connectivity index (χ0n) is 11.6. The Labute approximate surface area is 118 Å². The van der Waals surface area contributed by atoms with Crippen LogP contribution in [0.15, 0.2) is 18.2 Å². The first-order chi connectivity index (χ1) is 9.52. The first-order valence-corrected chi connectivity index (χ1v) is 7.19. The highest BCUT2D eigenvalue weighted by Crippen LogP contribution is 2.44. The van der Waals surface area contributed by atoms with E-state index < -0.39 is 5.97 Å². The Bertz CT molecular complexity index is 567. The minimum absolute atomic E-state index is 0.145. The van der Waals surface area contributed by atoms with Gasteiger partial charge >= 0.3 is 5.97 Å². The number of rotatable bonds is 3. The van der Waals surface area contributed by atoms with Gasteiger partial charge in [0.05, 0.1) is 5.56 Å². The fourth-order valence-electron chi connectivity index (χ4n) is 3.71. The molecule has 1 aromatic rings. The minimum atomic E-state index is -0.998. The molecule has 0 heterocycles. The Hall–Kier alpha value is -1.84. The number of carbonyl (C=O) groups is 2. The van der Waals surface area contributed by atoms with E-state index in [1.54, 1.807) is 19.1 Å². The number of carboxylic acid groups (broad SMARTS) is 1. The van der Waals surface area contributed by atoms with Crippen molar-refractivity contribution in [3.05, 3.63) is 34.9 Å². The van der Waals surface area contributed by atoms with Crippen molar-refractivity contribution in [1.29, 1.82) is 0 Å². The highest BCUT2D eigenvalue weighted by Gasteiger charge is 2.40. The van der Waals surface area contributed by atoms with Gasteiger partial charge in [0.2, 0.25) is 0 Å². The maximum atomic E-state index is 12.3. The predicted octanol–water partition coefficient (Wildman–Crippen LogP) is 2.61. The minimum Gasteiger partial charge on any atom is -0.478 e. The normalized spacial score (nSPS) is 27.6. The first kappa shape index (κ1) is 13.2. The summed E-state index contributed by atoms with van der Waals surface area (Å²) in [6.07, 6.45) is 4.82. The van der Waals surface area contributed by atoms with Gasteiger partial charge in [0, 0.05) is 11.6 Å². The fraction of sp³-hybridized carbons (Fsp3) is 0.500. The van der Waals surface area contributed by atoms with Gasteiger partial charge < -0.3 is 10.4 Å². The molecule has 3 rings (SSSR count). The van der Waals surface area contributed by atoms with Crippen molar-refractivity contribution in [2.75, 3.05) is 0 Å². The summed E-state index contributed by atoms with van der Waals surface area (Å²) in [5.41, 5.74) is 1.41. The molecule has 4 heteroatoms. The average Bonchev–Trinajstić information content (AvgIpc) is 3.00. The molecule has 2 bridgehead atoms. The van der Waals surface area contributed by atoms with Crippen LogP contribution in [0.1, 0.15) is 52.0 Å². The SMILES string of the molecule is Cc1cc(C(=O)O)cc(C(=O)NC2CC3CCC2C3)c1. The van der Waals surface area contributed by atoms with E-state index in [1.807, 2.05) is 0 Å². The smallest absolute Gasteiger partial charge is 0.335 e. The number of fused-ring (bicyclic) bond motifs is 2. The molecule has 2 aliphatic rings. The van der Waals surface area contributed by atoms with Gasteiger partial charge in [-0.1, -0.05) is 6.42 Å². The topological polar surface area (TPSA) is 66.4 Å². The van der Waals surface area contributed by atoms with Gasteiger partial charge in [0.1, 0.15) is 0 Å². The molecule has 3 atom stereocenters. The number of aromatic carboxylic acids is 1. The molecule has 4 nitrogen and oxygen atoms in total. The van der Waals surface area contributed by atoms with Crippen LogP contribution in [0.3, 0.4) is 0 Å². The predicted molar refractivity (Wildman–Crippen MR) is 74.8 cm³/mol. The molecule has 0 saturated heterocycles. The number of carboxylic acids is 1. The van der Waals surface area contributed by atoms with Gasteiger partial charge in [-0.15, -0.1) is 0 Å². The van der Waals surface area contributed by atoms with Gasteiger partial charge in [-0.3, -0.25) is 4.79 Å². The van der Waals surface area contributed by atoms with E-state index in [-0.39, 0.29) is 17.5 Å². The third-order valence-corrected chi connectivity index (χ3v) is 4.64. The van der Waals surface area contributed by atoms with E-state index in [0.717, 1.165) is 17.9 Å². The summed E-state index contributed by atoms with van der Waals surface area (Å²) in [6, 6.07) is 5.05. The first-order valence-electron chi connectivity index (χ1n) is 7.19. The molecule has 2 saturated carbocycles. The van der Waals surface area contributed by atoms with Gasteiger partial charge in [-0.2, -0.15) is 0 Å². The standard InChI is InChI=1S/C16H19NO3/c1-9-4-12(8-13(5-9)16(19)20)15(18)17-14-7-10-2-3-11(14)6-10/h4-5,8,10-11,14H,2-3,6-7H2,1H3,(H,17,18)(H,19,20). The van der Waals surface area contributed by atoms with Gasteiger partial charge in [0.15, 0.2) is 0 Å². The Morgan fingerprint density at radius 3 is 2.50 bits per heavy atom. The molecular formula is C16H19NO3. The monoisotopic (exact) mass is 273 g/mol. The lowest BCUT2D eigenvalue weighted by Crippen LogP contribution is -2.38. The molecule has 2 N–H and O–H groups in total. The molecular weight excluding hydrogens is 254 g/mol. The molecule has 0 aliphatic heterocycles. The number of nitrogens with one attached hydrogen (secondary N) is 1. The summed E-state index contributed by atoms with van der Waals surface area (Å²) < 4.78 is 0. The van der Waals surface area contributed by atoms with Crippen molar-refractivity contribution in [3.8, 4) is 0 Å². The largest absolute Gasteiger partial charge is 0.478 e. The van der Waals surface area contributed by atoms with Gasteiger partial charge in [0.25, 0.3) is 5.91 Å². The number of hydrogen-bond donors (Lipinski definition) is 2. The molecule has 2 fully saturated rings. The summed E-state index contributed by atoms with van der Waals surface area (Å²) in [7, 11) is 0. The molecule has 20 heavy (non-hydrogen) atoms. The third-order valence-electron chi connectivity index (χ3n) is 4.64. The third kappa shape index (κ3) is 2.42. The van der Waals surface area contributed by atoms with Crippen LogP contribution in [0.5, 0.6) is 0 Å². The highest BCUT2D eigenvalue weighted by atomic mass is 16.4. The van der Waals surface area contributed by atoms with E-state index in [4.69, 9.17) is 5.11 Å². The highest BCUT2D eigenvalue weighted by molar-refractivity contribution is 5.98. The molecule has 0 spiro atoms. The van der Waals surface area contributed by atoms with Crippen LogP contribution in [0.25, 0.3) is 0 Å². The van der Waals surface area contributed by atoms with Crippen LogP contribution < -0.4 is 5.32 Å². The second-order valence-corrected chi connectivity index (χ2v) is 6.15. The van der Waals surface area contributed by atoms with E-state index >= 15 is 0 Å². The summed E-state index contributed by atoms with van der Waals surface area (Å²) in [6.45, 7) is 1.81. The lowest BCUT2D eigenvalue weighted by atomic mass is 9.95. The molecule has 0 radical (unpaired) electrons. The number of aryl methyl sites for hydroxylation is 1. The van der Waals surface area contributed by atoms with Gasteiger partial charge in [-0.25, -0.2) is 4.79 Å². The summed E-state index contributed by atoms with van der Waals surface area (Å²) in [4.78, 5) is 23.3. The maximum absolute atomic E-state index is 12.3. The van der Waals surface area contributed by atoms with Crippen LogP contribution in [-0.2, 0) is 0 Å². The lowest BCUT2D eigenvalue weighted by Gasteiger charge is -2.23. The van der Waals surface area contributed by atoms with Crippen molar-refractivity contribution in [1.82, 2.24) is 5.32 Å². The fourth-order valence-corrected chi connectivity index (χ4v) is 3.71. The number of benzene rings is 1. The van der Waals surface area contributed by atoms with E-state index in [1.165, 1.54) is 25.3 Å². The van der Waals surface area contributed by atoms with Crippen LogP contribution in [0, 0.1) is 18.8 Å². The van der Waals surface area contributed by atoms with Crippen LogP contribution >= 0.6 is 0 Å². The van der Waals surface area contributed by atoms with E-state index in [0.29, 0.717) is 11.5 Å². The second-order valence-electron chi connectivity index (χ2n) is 6.15. The van der Waals surface area contributed by atoms with Crippen LogP contribution in [0.2, 0.25) is 0 Å². The zero-order chi connectivity index (χ0) is 14.3. The number of carbonyl (C=O) groups excluding carboxylic acids is 1. The zero-order valence-corrected chi connectivity index (χ0v) is 11.6. The Morgan fingerprint density at radius 1 is 1.15 bits per heavy atom. The molecule has 106 valence electrons. The van der Waals surface area contributed by atoms with Crippen molar-refractivity contribution >= 4 is 11.9 Å². The van der Waals surface area contributed by atoms with Crippen molar-refractivity contribution in [3.63, 3.8) is 0 Å². The van der Waals surface area contributed by atoms with E-state index in [9.17, 15) is 9.59 Å². The van der Waals surface area contributed by atoms with E-state index in [2.05, 4.69) is 5.32 Å². The average molecular weight is 273 g/mol. The van der Waals surface area contributed by atoms with Crippen LogP contribution in [0.4, 0.5) is 0 Å². The molecule has 1 aromatic carbocycles. The van der Waals surface area contributed by atoms with Crippen molar-refractivity contribution < 1.29 is 14.7 Å². The maximum Gasteiger partial charge on any atom is 0.335 e. The Balaban J connectivity index is 1.75. The number of amides is 1. The van der Waals surface area contributed by atoms with Crippen molar-refractivity contribution in [2.45, 2.75) is 38.6 Å². The molecule has 0 aromatic heterocycles. The summed E-state index contributed by atoms with van der Waals surface area (Å²) in [5, 5.41) is 12.1. The Morgan fingerprint density at radius 2 is 1.90 bits per heavy atom. The molecule has 2 aliphatic carbocycles. The summed E-state index contributed by atoms with van der Waals surface area (Å²) in [5.74, 6) is 0.251. The van der Waals surface area contributed by atoms with Crippen molar-refractivity contribution in [2.24, 2.45) is 11.8 Å². The quantitative estimate of drug-likeness (QED) is 0.889. The summed E-state index contributed by atoms with van der Waals surface area (Å²) >= 11 is 0. The Kier molecular flexibility index (Phi) is 3.24. The van der Waals surface area contributed by atoms with Gasteiger partial charge in [-0.05, 0) is 61.8 Å².